The number of aromatic nitrogens is 3. The lowest BCUT2D eigenvalue weighted by Gasteiger charge is -2.21. The van der Waals surface area contributed by atoms with E-state index in [4.69, 9.17) is 4.74 Å². The molecule has 1 aliphatic rings. The molecule has 1 saturated heterocycles. The van der Waals surface area contributed by atoms with Gasteiger partial charge in [0, 0.05) is 32.0 Å². The predicted molar refractivity (Wildman–Crippen MR) is 82.8 cm³/mol. The molecule has 0 aromatic carbocycles. The number of pyridine rings is 1. The van der Waals surface area contributed by atoms with E-state index in [2.05, 4.69) is 15.3 Å². The van der Waals surface area contributed by atoms with Gasteiger partial charge in [-0.15, -0.1) is 0 Å². The van der Waals surface area contributed by atoms with Gasteiger partial charge in [-0.25, -0.2) is 9.97 Å². The number of nitrogens with one attached hydrogen (secondary N) is 1. The molecule has 0 spiro atoms. The van der Waals surface area contributed by atoms with Gasteiger partial charge in [0.05, 0.1) is 11.9 Å². The molecular weight excluding hydrogens is 280 g/mol. The Labute approximate surface area is 129 Å². The first-order valence-electron chi connectivity index (χ1n) is 7.63. The SMILES string of the molecule is O=C(CCC1CCCOC1)Nc1ccc(-n2ccnc2)nc1. The monoisotopic (exact) mass is 300 g/mol. The van der Waals surface area contributed by atoms with Gasteiger partial charge < -0.3 is 10.1 Å². The molecule has 0 aliphatic carbocycles. The van der Waals surface area contributed by atoms with Crippen LogP contribution in [0.2, 0.25) is 0 Å². The van der Waals surface area contributed by atoms with Crippen LogP contribution >= 0.6 is 0 Å². The summed E-state index contributed by atoms with van der Waals surface area (Å²) in [4.78, 5) is 20.3. The number of hydrogen-bond acceptors (Lipinski definition) is 4. The van der Waals surface area contributed by atoms with Crippen LogP contribution < -0.4 is 5.32 Å². The molecule has 6 heteroatoms. The molecule has 2 aromatic rings. The van der Waals surface area contributed by atoms with Crippen LogP contribution in [0, 0.1) is 5.92 Å². The van der Waals surface area contributed by atoms with Crippen molar-refractivity contribution in [1.82, 2.24) is 14.5 Å². The molecule has 0 saturated carbocycles. The normalized spacial score (nSPS) is 18.1. The maximum absolute atomic E-state index is 12.0. The molecule has 6 nitrogen and oxygen atoms in total. The van der Waals surface area contributed by atoms with E-state index in [1.165, 1.54) is 0 Å². The number of nitrogens with zero attached hydrogens (tertiary/aromatic N) is 3. The smallest absolute Gasteiger partial charge is 0.224 e. The molecule has 1 atom stereocenters. The highest BCUT2D eigenvalue weighted by Gasteiger charge is 2.15. The third kappa shape index (κ3) is 3.92. The fourth-order valence-corrected chi connectivity index (χ4v) is 2.60. The molecule has 1 N–H and O–H groups in total. The number of rotatable bonds is 5. The first-order valence-corrected chi connectivity index (χ1v) is 7.63. The second-order valence-corrected chi connectivity index (χ2v) is 5.55. The lowest BCUT2D eigenvalue weighted by Crippen LogP contribution is -2.20. The van der Waals surface area contributed by atoms with Gasteiger partial charge in [0.1, 0.15) is 12.1 Å². The fourth-order valence-electron chi connectivity index (χ4n) is 2.60. The molecular formula is C16H20N4O2. The Balaban J connectivity index is 1.48. The highest BCUT2D eigenvalue weighted by atomic mass is 16.5. The lowest BCUT2D eigenvalue weighted by atomic mass is 9.97. The highest BCUT2D eigenvalue weighted by molar-refractivity contribution is 5.90. The molecule has 3 rings (SSSR count). The molecule has 3 heterocycles. The van der Waals surface area contributed by atoms with Crippen LogP contribution in [0.5, 0.6) is 0 Å². The summed E-state index contributed by atoms with van der Waals surface area (Å²) in [6.45, 7) is 1.64. The largest absolute Gasteiger partial charge is 0.381 e. The van der Waals surface area contributed by atoms with Crippen molar-refractivity contribution in [3.63, 3.8) is 0 Å². The van der Waals surface area contributed by atoms with E-state index in [1.54, 1.807) is 18.7 Å². The molecule has 1 amide bonds. The maximum Gasteiger partial charge on any atom is 0.224 e. The predicted octanol–water partition coefficient (Wildman–Crippen LogP) is 2.41. The van der Waals surface area contributed by atoms with Crippen molar-refractivity contribution in [2.24, 2.45) is 5.92 Å². The molecule has 116 valence electrons. The third-order valence-corrected chi connectivity index (χ3v) is 3.83. The maximum atomic E-state index is 12.0. The van der Waals surface area contributed by atoms with Crippen LogP contribution in [0.1, 0.15) is 25.7 Å². The summed E-state index contributed by atoms with van der Waals surface area (Å²) in [6, 6.07) is 3.70. The van der Waals surface area contributed by atoms with Crippen molar-refractivity contribution >= 4 is 11.6 Å². The summed E-state index contributed by atoms with van der Waals surface area (Å²) in [5, 5.41) is 2.89. The van der Waals surface area contributed by atoms with Crippen LogP contribution in [-0.2, 0) is 9.53 Å². The van der Waals surface area contributed by atoms with Crippen molar-refractivity contribution < 1.29 is 9.53 Å². The number of imidazole rings is 1. The van der Waals surface area contributed by atoms with Gasteiger partial charge in [0.25, 0.3) is 0 Å². The number of amides is 1. The summed E-state index contributed by atoms with van der Waals surface area (Å²) >= 11 is 0. The van der Waals surface area contributed by atoms with Gasteiger partial charge in [0.15, 0.2) is 0 Å². The summed E-state index contributed by atoms with van der Waals surface area (Å²) in [5.41, 5.74) is 0.716. The van der Waals surface area contributed by atoms with Gasteiger partial charge in [-0.1, -0.05) is 0 Å². The van der Waals surface area contributed by atoms with Crippen molar-refractivity contribution in [3.8, 4) is 5.82 Å². The molecule has 0 radical (unpaired) electrons. The van der Waals surface area contributed by atoms with Gasteiger partial charge >= 0.3 is 0 Å². The Kier molecular flexibility index (Phi) is 4.80. The Morgan fingerprint density at radius 2 is 2.41 bits per heavy atom. The topological polar surface area (TPSA) is 69.0 Å². The zero-order valence-corrected chi connectivity index (χ0v) is 12.4. The zero-order chi connectivity index (χ0) is 15.2. The van der Waals surface area contributed by atoms with Gasteiger partial charge in [-0.05, 0) is 37.3 Å². The Morgan fingerprint density at radius 1 is 1.45 bits per heavy atom. The van der Waals surface area contributed by atoms with Crippen LogP contribution in [0.15, 0.2) is 37.1 Å². The molecule has 1 aliphatic heterocycles. The fraction of sp³-hybridized carbons (Fsp3) is 0.438. The molecule has 1 unspecified atom stereocenters. The van der Waals surface area contributed by atoms with Crippen LogP contribution in [0.4, 0.5) is 5.69 Å². The Bertz CT molecular complexity index is 589. The van der Waals surface area contributed by atoms with E-state index in [9.17, 15) is 4.79 Å². The molecule has 1 fully saturated rings. The number of anilines is 1. The van der Waals surface area contributed by atoms with E-state index in [0.717, 1.165) is 38.3 Å². The zero-order valence-electron chi connectivity index (χ0n) is 12.4. The third-order valence-electron chi connectivity index (χ3n) is 3.83. The minimum Gasteiger partial charge on any atom is -0.381 e. The van der Waals surface area contributed by atoms with E-state index in [1.807, 2.05) is 22.9 Å². The van der Waals surface area contributed by atoms with E-state index >= 15 is 0 Å². The summed E-state index contributed by atoms with van der Waals surface area (Å²) < 4.78 is 7.25. The Hall–Kier alpha value is -2.21. The van der Waals surface area contributed by atoms with Crippen LogP contribution in [0.3, 0.4) is 0 Å². The first-order chi connectivity index (χ1) is 10.8. The number of carbonyl (C=O) groups is 1. The Morgan fingerprint density at radius 3 is 3.09 bits per heavy atom. The van der Waals surface area contributed by atoms with Crippen molar-refractivity contribution in [3.05, 3.63) is 37.1 Å². The first kappa shape index (κ1) is 14.7. The van der Waals surface area contributed by atoms with Crippen molar-refractivity contribution in [2.75, 3.05) is 18.5 Å². The van der Waals surface area contributed by atoms with Crippen molar-refractivity contribution in [2.45, 2.75) is 25.7 Å². The standard InChI is InChI=1S/C16H20N4O2/c21-16(6-3-13-2-1-9-22-11-13)19-14-4-5-15(18-10-14)20-8-7-17-12-20/h4-5,7-8,10,12-13H,1-3,6,9,11H2,(H,19,21). The average Bonchev–Trinajstić information content (AvgIpc) is 3.09. The van der Waals surface area contributed by atoms with Crippen molar-refractivity contribution in [1.29, 1.82) is 0 Å². The quantitative estimate of drug-likeness (QED) is 0.920. The van der Waals surface area contributed by atoms with Crippen LogP contribution in [0.25, 0.3) is 5.82 Å². The van der Waals surface area contributed by atoms with Crippen LogP contribution in [-0.4, -0.2) is 33.7 Å². The highest BCUT2D eigenvalue weighted by Crippen LogP contribution is 2.19. The van der Waals surface area contributed by atoms with Gasteiger partial charge in [-0.2, -0.15) is 0 Å². The summed E-state index contributed by atoms with van der Waals surface area (Å²) in [7, 11) is 0. The number of ether oxygens (including phenoxy) is 1. The number of carbonyl (C=O) groups excluding carboxylic acids is 1. The number of hydrogen-bond donors (Lipinski definition) is 1. The average molecular weight is 300 g/mol. The van der Waals surface area contributed by atoms with Gasteiger partial charge in [-0.3, -0.25) is 9.36 Å². The van der Waals surface area contributed by atoms with E-state index in [-0.39, 0.29) is 5.91 Å². The van der Waals surface area contributed by atoms with Gasteiger partial charge in [0.2, 0.25) is 5.91 Å². The second kappa shape index (κ2) is 7.17. The summed E-state index contributed by atoms with van der Waals surface area (Å²) in [5.74, 6) is 1.32. The lowest BCUT2D eigenvalue weighted by molar-refractivity contribution is -0.116. The van der Waals surface area contributed by atoms with E-state index < -0.39 is 0 Å². The van der Waals surface area contributed by atoms with E-state index in [0.29, 0.717) is 18.0 Å². The summed E-state index contributed by atoms with van der Waals surface area (Å²) in [6.07, 6.45) is 10.5. The molecule has 22 heavy (non-hydrogen) atoms. The molecule has 2 aromatic heterocycles. The minimum atomic E-state index is 0.0303. The minimum absolute atomic E-state index is 0.0303. The second-order valence-electron chi connectivity index (χ2n) is 5.55. The molecule has 0 bridgehead atoms.